The zero-order valence-electron chi connectivity index (χ0n) is 36.0. The average molecular weight is 781 g/mol. The van der Waals surface area contributed by atoms with Crippen molar-refractivity contribution >= 4 is 40.5 Å². The smallest absolute Gasteiger partial charge is 0.220 e. The molecule has 7 heteroatoms. The van der Waals surface area contributed by atoms with Gasteiger partial charge in [-0.25, -0.2) is 0 Å². The van der Waals surface area contributed by atoms with E-state index in [9.17, 15) is 9.59 Å². The van der Waals surface area contributed by atoms with Crippen LogP contribution in [0.25, 0.3) is 0 Å². The van der Waals surface area contributed by atoms with E-state index in [2.05, 4.69) is 121 Å². The van der Waals surface area contributed by atoms with Crippen molar-refractivity contribution in [2.24, 2.45) is 0 Å². The number of benzene rings is 2. The molecule has 0 saturated heterocycles. The third kappa shape index (κ3) is 10.5. The molecule has 56 heavy (non-hydrogen) atoms. The van der Waals surface area contributed by atoms with Crippen LogP contribution in [0.2, 0.25) is 0 Å². The molecular weight excluding hydrogens is 712 g/mol. The number of rotatable bonds is 15. The molecule has 2 N–H and O–H groups in total. The number of halogens is 1. The van der Waals surface area contributed by atoms with Crippen molar-refractivity contribution in [2.75, 3.05) is 18.0 Å². The van der Waals surface area contributed by atoms with E-state index in [1.165, 1.54) is 45.1 Å². The molecule has 2 aromatic rings. The van der Waals surface area contributed by atoms with Gasteiger partial charge in [0.25, 0.3) is 0 Å². The van der Waals surface area contributed by atoms with Crippen molar-refractivity contribution in [1.29, 1.82) is 0 Å². The summed E-state index contributed by atoms with van der Waals surface area (Å²) in [5, 5.41) is 7.03. The Labute approximate surface area is 343 Å². The monoisotopic (exact) mass is 780 g/mol. The van der Waals surface area contributed by atoms with Gasteiger partial charge in [-0.3, -0.25) is 9.59 Å². The Morgan fingerprint density at radius 2 is 1.32 bits per heavy atom. The summed E-state index contributed by atoms with van der Waals surface area (Å²) in [6, 6.07) is 17.5. The number of allylic oxidation sites excluding steroid dienone is 8. The first-order chi connectivity index (χ1) is 26.3. The molecule has 0 saturated carbocycles. The molecule has 6 nitrogen and oxygen atoms in total. The minimum atomic E-state index is -0.195. The molecule has 3 aliphatic rings. The van der Waals surface area contributed by atoms with Crippen molar-refractivity contribution in [3.63, 3.8) is 0 Å². The number of carbonyl (C=O) groups excluding carboxylic acids is 2. The third-order valence-corrected chi connectivity index (χ3v) is 11.8. The minimum Gasteiger partial charge on any atom is -0.352 e. The Balaban J connectivity index is 1.31. The van der Waals surface area contributed by atoms with Crippen LogP contribution in [-0.2, 0) is 20.4 Å². The van der Waals surface area contributed by atoms with Gasteiger partial charge in [0.15, 0.2) is 5.71 Å². The van der Waals surface area contributed by atoms with Crippen molar-refractivity contribution in [2.45, 2.75) is 155 Å². The quantitative estimate of drug-likeness (QED) is 0.140. The minimum absolute atomic E-state index is 0.131. The second-order valence-corrected chi connectivity index (χ2v) is 19.5. The first kappa shape index (κ1) is 43.2. The highest BCUT2D eigenvalue weighted by molar-refractivity contribution is 6.33. The van der Waals surface area contributed by atoms with Crippen molar-refractivity contribution < 1.29 is 14.2 Å². The number of fused-ring (bicyclic) bond motifs is 2. The van der Waals surface area contributed by atoms with Crippen LogP contribution in [0, 0.1) is 0 Å². The maximum absolute atomic E-state index is 12.4. The van der Waals surface area contributed by atoms with Gasteiger partial charge in [0.2, 0.25) is 17.5 Å². The fourth-order valence-corrected chi connectivity index (χ4v) is 8.87. The summed E-state index contributed by atoms with van der Waals surface area (Å²) in [6.45, 7) is 23.3. The van der Waals surface area contributed by atoms with E-state index in [1.54, 1.807) is 0 Å². The van der Waals surface area contributed by atoms with Crippen LogP contribution in [0.4, 0.5) is 11.4 Å². The summed E-state index contributed by atoms with van der Waals surface area (Å²) in [5.74, 6) is 0.262. The van der Waals surface area contributed by atoms with Crippen molar-refractivity contribution in [3.8, 4) is 0 Å². The highest BCUT2D eigenvalue weighted by Gasteiger charge is 2.44. The molecule has 2 aliphatic heterocycles. The predicted molar refractivity (Wildman–Crippen MR) is 236 cm³/mol. The highest BCUT2D eigenvalue weighted by Crippen LogP contribution is 2.48. The van der Waals surface area contributed by atoms with Crippen LogP contribution >= 0.6 is 11.6 Å². The Bertz CT molecular complexity index is 1930. The fraction of sp³-hybridized carbons (Fsp3) is 0.531. The summed E-state index contributed by atoms with van der Waals surface area (Å²) >= 11 is 7.21. The van der Waals surface area contributed by atoms with Gasteiger partial charge in [-0.2, -0.15) is 4.58 Å². The largest absolute Gasteiger partial charge is 0.352 e. The molecule has 5 rings (SSSR count). The molecule has 0 fully saturated rings. The molecule has 2 aromatic carbocycles. The highest BCUT2D eigenvalue weighted by atomic mass is 35.5. The maximum Gasteiger partial charge on any atom is 0.220 e. The molecule has 1 aliphatic carbocycles. The van der Waals surface area contributed by atoms with Crippen LogP contribution in [0.5, 0.6) is 0 Å². The first-order valence-electron chi connectivity index (χ1n) is 21.0. The predicted octanol–water partition coefficient (Wildman–Crippen LogP) is 11.5. The second kappa shape index (κ2) is 17.7. The summed E-state index contributed by atoms with van der Waals surface area (Å²) in [4.78, 5) is 27.2. The summed E-state index contributed by atoms with van der Waals surface area (Å²) in [5.41, 5.74) is 9.51. The number of carbonyl (C=O) groups is 2. The second-order valence-electron chi connectivity index (χ2n) is 19.1. The number of nitrogens with zero attached hydrogens (tertiary/aromatic N) is 2. The topological polar surface area (TPSA) is 64.5 Å². The molecule has 0 spiro atoms. The van der Waals surface area contributed by atoms with E-state index in [4.69, 9.17) is 11.6 Å². The first-order valence-corrected chi connectivity index (χ1v) is 21.4. The Morgan fingerprint density at radius 3 is 1.96 bits per heavy atom. The van der Waals surface area contributed by atoms with Crippen LogP contribution in [0.1, 0.15) is 145 Å². The molecule has 302 valence electrons. The zero-order chi connectivity index (χ0) is 40.9. The van der Waals surface area contributed by atoms with Crippen LogP contribution < -0.4 is 15.5 Å². The van der Waals surface area contributed by atoms with Crippen LogP contribution in [0.3, 0.4) is 0 Å². The Morgan fingerprint density at radius 1 is 0.732 bits per heavy atom. The number of para-hydroxylation sites is 2. The Kier molecular flexibility index (Phi) is 13.7. The lowest BCUT2D eigenvalue weighted by atomic mass is 9.81. The third-order valence-electron chi connectivity index (χ3n) is 11.3. The van der Waals surface area contributed by atoms with Gasteiger partial charge in [0.05, 0.1) is 5.41 Å². The van der Waals surface area contributed by atoms with E-state index >= 15 is 0 Å². The standard InChI is InChI=1S/C49H67ClN4O2/c1-46(2,3)51-43(55)25-13-11-19-33-53-39-23-17-15-21-37(39)48(7,8)41(53)31-29-35-27-28-36(45(35)50)30-32-42-49(9,10)38-22-16-18-24-40(38)54(42)34-20-12-14-26-44(56)52-47(4,5)6/h15-18,21-24,29-32H,11-14,19-20,25-28,33-34H2,1-10H3,(H-,51,52,55,56)/p+1. The van der Waals surface area contributed by atoms with Gasteiger partial charge in [-0.1, -0.05) is 80.4 Å². The summed E-state index contributed by atoms with van der Waals surface area (Å²) < 4.78 is 2.49. The number of unbranched alkanes of at least 4 members (excludes halogenated alkanes) is 4. The normalized spacial score (nSPS) is 19.1. The van der Waals surface area contributed by atoms with E-state index in [1.807, 2.05) is 41.5 Å². The molecular formula is C49H68ClN4O2+. The van der Waals surface area contributed by atoms with E-state index < -0.39 is 0 Å². The molecule has 0 bridgehead atoms. The fourth-order valence-electron chi connectivity index (χ4n) is 8.56. The van der Waals surface area contributed by atoms with Gasteiger partial charge in [0.1, 0.15) is 6.54 Å². The number of anilines is 1. The lowest BCUT2D eigenvalue weighted by molar-refractivity contribution is -0.438. The van der Waals surface area contributed by atoms with Gasteiger partial charge in [-0.05, 0) is 123 Å². The zero-order valence-corrected chi connectivity index (χ0v) is 36.8. The molecule has 0 unspecified atom stereocenters. The van der Waals surface area contributed by atoms with E-state index in [0.717, 1.165) is 69.5 Å². The number of hydrogen-bond acceptors (Lipinski definition) is 3. The molecule has 2 heterocycles. The molecule has 2 amide bonds. The van der Waals surface area contributed by atoms with E-state index in [0.29, 0.717) is 12.8 Å². The summed E-state index contributed by atoms with van der Waals surface area (Å²) in [6.07, 6.45) is 17.9. The van der Waals surface area contributed by atoms with Crippen molar-refractivity contribution in [3.05, 3.63) is 106 Å². The van der Waals surface area contributed by atoms with Gasteiger partial charge in [0, 0.05) is 76.4 Å². The number of amides is 2. The van der Waals surface area contributed by atoms with Crippen LogP contribution in [0.15, 0.2) is 94.7 Å². The Hall–Kier alpha value is -3.90. The maximum atomic E-state index is 12.4. The molecule has 0 atom stereocenters. The lowest BCUT2D eigenvalue weighted by Crippen LogP contribution is -2.40. The van der Waals surface area contributed by atoms with Crippen molar-refractivity contribution in [1.82, 2.24) is 10.6 Å². The van der Waals surface area contributed by atoms with Gasteiger partial charge >= 0.3 is 0 Å². The number of hydrogen-bond donors (Lipinski definition) is 2. The molecule has 0 aromatic heterocycles. The van der Waals surface area contributed by atoms with E-state index in [-0.39, 0.29) is 33.7 Å². The molecule has 0 radical (unpaired) electrons. The SMILES string of the molecule is CC(C)(C)NC(=O)CCCCCN1/C(=C/C=C2\CCC(/C=C/C3=[N+](CCCCCC(=O)NC(C)(C)C)c4ccccc4C3(C)C)=C2Cl)C(C)(C)c2ccccc21. The van der Waals surface area contributed by atoms with Gasteiger partial charge in [-0.15, -0.1) is 0 Å². The van der Waals surface area contributed by atoms with Gasteiger partial charge < -0.3 is 15.5 Å². The summed E-state index contributed by atoms with van der Waals surface area (Å²) in [7, 11) is 0. The average Bonchev–Trinajstić information content (AvgIpc) is 3.64. The number of nitrogens with one attached hydrogen (secondary N) is 2. The van der Waals surface area contributed by atoms with Crippen LogP contribution in [-0.4, -0.2) is 46.3 Å². The lowest BCUT2D eigenvalue weighted by Gasteiger charge is -2.27.